The molecule has 0 spiro atoms. The number of rotatable bonds is 5. The number of carbonyl (C=O) groups is 1. The second-order valence-electron chi connectivity index (χ2n) is 4.11. The van der Waals surface area contributed by atoms with Crippen molar-refractivity contribution in [1.82, 2.24) is 5.32 Å². The average molecular weight is 239 g/mol. The quantitative estimate of drug-likeness (QED) is 0.826. The highest BCUT2D eigenvalue weighted by molar-refractivity contribution is 5.95. The molecule has 0 aliphatic rings. The summed E-state index contributed by atoms with van der Waals surface area (Å²) in [4.78, 5) is 11.7. The van der Waals surface area contributed by atoms with E-state index in [-0.39, 0.29) is 12.5 Å². The van der Waals surface area contributed by atoms with Crippen LogP contribution in [-0.4, -0.2) is 23.7 Å². The third kappa shape index (κ3) is 4.15. The van der Waals surface area contributed by atoms with Gasteiger partial charge in [0.25, 0.3) is 5.91 Å². The van der Waals surface area contributed by atoms with E-state index in [0.717, 1.165) is 6.42 Å². The number of aliphatic hydroxyl groups excluding tert-OH is 1. The van der Waals surface area contributed by atoms with Crippen LogP contribution in [0, 0.1) is 12.7 Å². The fraction of sp³-hybridized carbons (Fsp3) is 0.462. The Hall–Kier alpha value is -1.42. The Morgan fingerprint density at radius 3 is 2.88 bits per heavy atom. The van der Waals surface area contributed by atoms with Gasteiger partial charge in [-0.2, -0.15) is 0 Å². The summed E-state index contributed by atoms with van der Waals surface area (Å²) >= 11 is 0. The predicted octanol–water partition coefficient (Wildman–Crippen LogP) is 2.02. The van der Waals surface area contributed by atoms with Gasteiger partial charge in [0.15, 0.2) is 0 Å². The van der Waals surface area contributed by atoms with Gasteiger partial charge in [-0.25, -0.2) is 4.39 Å². The molecule has 0 aromatic heterocycles. The Morgan fingerprint density at radius 2 is 2.24 bits per heavy atom. The second-order valence-corrected chi connectivity index (χ2v) is 4.11. The van der Waals surface area contributed by atoms with Crippen LogP contribution in [0.25, 0.3) is 0 Å². The van der Waals surface area contributed by atoms with Crippen molar-refractivity contribution >= 4 is 5.91 Å². The molecule has 1 aromatic carbocycles. The standard InChI is InChI=1S/C13H18FNO2/c1-3-4-11(16)8-15-13(17)12-7-10(14)6-5-9(12)2/h5-7,11,16H,3-4,8H2,1-2H3,(H,15,17). The number of aryl methyl sites for hydroxylation is 1. The van der Waals surface area contributed by atoms with Crippen molar-refractivity contribution in [3.05, 3.63) is 35.1 Å². The van der Waals surface area contributed by atoms with Crippen LogP contribution in [0.2, 0.25) is 0 Å². The summed E-state index contributed by atoms with van der Waals surface area (Å²) in [5.41, 5.74) is 1.03. The number of nitrogens with one attached hydrogen (secondary N) is 1. The van der Waals surface area contributed by atoms with Crippen molar-refractivity contribution in [3.8, 4) is 0 Å². The van der Waals surface area contributed by atoms with Crippen LogP contribution < -0.4 is 5.32 Å². The van der Waals surface area contributed by atoms with Crippen LogP contribution in [0.15, 0.2) is 18.2 Å². The maximum atomic E-state index is 13.0. The van der Waals surface area contributed by atoms with Crippen LogP contribution in [-0.2, 0) is 0 Å². The summed E-state index contributed by atoms with van der Waals surface area (Å²) in [6.07, 6.45) is 0.955. The summed E-state index contributed by atoms with van der Waals surface area (Å²) in [5.74, 6) is -0.785. The van der Waals surface area contributed by atoms with Crippen LogP contribution in [0.5, 0.6) is 0 Å². The number of carbonyl (C=O) groups excluding carboxylic acids is 1. The molecule has 0 saturated heterocycles. The Labute approximate surface area is 101 Å². The molecular formula is C13H18FNO2. The van der Waals surface area contributed by atoms with E-state index in [0.29, 0.717) is 17.5 Å². The first-order valence-electron chi connectivity index (χ1n) is 5.77. The number of hydrogen-bond acceptors (Lipinski definition) is 2. The third-order valence-corrected chi connectivity index (χ3v) is 2.56. The lowest BCUT2D eigenvalue weighted by molar-refractivity contribution is 0.0909. The molecule has 0 heterocycles. The lowest BCUT2D eigenvalue weighted by atomic mass is 10.1. The molecule has 0 aliphatic heterocycles. The molecule has 17 heavy (non-hydrogen) atoms. The first-order valence-corrected chi connectivity index (χ1v) is 5.77. The van der Waals surface area contributed by atoms with Gasteiger partial charge in [0.2, 0.25) is 0 Å². The predicted molar refractivity (Wildman–Crippen MR) is 64.4 cm³/mol. The van der Waals surface area contributed by atoms with E-state index in [2.05, 4.69) is 5.32 Å². The molecule has 0 bridgehead atoms. The van der Waals surface area contributed by atoms with Gasteiger partial charge in [-0.15, -0.1) is 0 Å². The monoisotopic (exact) mass is 239 g/mol. The van der Waals surface area contributed by atoms with E-state index < -0.39 is 11.9 Å². The number of halogens is 1. The van der Waals surface area contributed by atoms with Crippen molar-refractivity contribution in [2.24, 2.45) is 0 Å². The summed E-state index contributed by atoms with van der Waals surface area (Å²) < 4.78 is 13.0. The van der Waals surface area contributed by atoms with E-state index in [9.17, 15) is 14.3 Å². The Morgan fingerprint density at radius 1 is 1.53 bits per heavy atom. The van der Waals surface area contributed by atoms with E-state index >= 15 is 0 Å². The molecule has 0 aliphatic carbocycles. The maximum absolute atomic E-state index is 13.0. The lowest BCUT2D eigenvalue weighted by Crippen LogP contribution is -2.32. The van der Waals surface area contributed by atoms with Gasteiger partial charge in [0, 0.05) is 12.1 Å². The van der Waals surface area contributed by atoms with Gasteiger partial charge in [-0.1, -0.05) is 19.4 Å². The Bertz CT molecular complexity index is 393. The molecule has 2 N–H and O–H groups in total. The minimum Gasteiger partial charge on any atom is -0.391 e. The fourth-order valence-corrected chi connectivity index (χ4v) is 1.58. The first kappa shape index (κ1) is 13.6. The molecule has 1 aromatic rings. The van der Waals surface area contributed by atoms with Gasteiger partial charge < -0.3 is 10.4 Å². The van der Waals surface area contributed by atoms with Crippen LogP contribution in [0.4, 0.5) is 4.39 Å². The Kier molecular flexibility index (Phi) is 5.10. The fourth-order valence-electron chi connectivity index (χ4n) is 1.58. The maximum Gasteiger partial charge on any atom is 0.251 e. The molecule has 1 atom stereocenters. The first-order chi connectivity index (χ1) is 8.04. The van der Waals surface area contributed by atoms with E-state index in [4.69, 9.17) is 0 Å². The van der Waals surface area contributed by atoms with Crippen LogP contribution in [0.3, 0.4) is 0 Å². The zero-order valence-corrected chi connectivity index (χ0v) is 10.2. The van der Waals surface area contributed by atoms with Gasteiger partial charge in [0.05, 0.1) is 6.10 Å². The molecule has 3 nitrogen and oxygen atoms in total. The van der Waals surface area contributed by atoms with Gasteiger partial charge in [-0.05, 0) is 31.0 Å². The molecule has 1 rings (SSSR count). The van der Waals surface area contributed by atoms with Crippen molar-refractivity contribution in [3.63, 3.8) is 0 Å². The van der Waals surface area contributed by atoms with Crippen molar-refractivity contribution in [1.29, 1.82) is 0 Å². The highest BCUT2D eigenvalue weighted by Gasteiger charge is 2.11. The molecule has 0 radical (unpaired) electrons. The molecule has 0 saturated carbocycles. The number of aliphatic hydroxyl groups is 1. The molecular weight excluding hydrogens is 221 g/mol. The number of benzene rings is 1. The zero-order chi connectivity index (χ0) is 12.8. The van der Waals surface area contributed by atoms with Crippen molar-refractivity contribution in [2.45, 2.75) is 32.8 Å². The van der Waals surface area contributed by atoms with Gasteiger partial charge >= 0.3 is 0 Å². The van der Waals surface area contributed by atoms with Gasteiger partial charge in [-0.3, -0.25) is 4.79 Å². The minimum absolute atomic E-state index is 0.197. The Balaban J connectivity index is 2.61. The van der Waals surface area contributed by atoms with E-state index in [1.165, 1.54) is 12.1 Å². The number of amides is 1. The summed E-state index contributed by atoms with van der Waals surface area (Å²) in [6.45, 7) is 3.90. The summed E-state index contributed by atoms with van der Waals surface area (Å²) in [7, 11) is 0. The second kappa shape index (κ2) is 6.35. The summed E-state index contributed by atoms with van der Waals surface area (Å²) in [5, 5.41) is 12.1. The van der Waals surface area contributed by atoms with Crippen LogP contribution >= 0.6 is 0 Å². The molecule has 94 valence electrons. The topological polar surface area (TPSA) is 49.3 Å². The largest absolute Gasteiger partial charge is 0.391 e. The molecule has 4 heteroatoms. The third-order valence-electron chi connectivity index (χ3n) is 2.56. The highest BCUT2D eigenvalue weighted by Crippen LogP contribution is 2.10. The van der Waals surface area contributed by atoms with Crippen molar-refractivity contribution in [2.75, 3.05) is 6.54 Å². The van der Waals surface area contributed by atoms with Gasteiger partial charge in [0.1, 0.15) is 5.82 Å². The van der Waals surface area contributed by atoms with E-state index in [1.54, 1.807) is 13.0 Å². The molecule has 0 fully saturated rings. The van der Waals surface area contributed by atoms with E-state index in [1.807, 2.05) is 6.92 Å². The highest BCUT2D eigenvalue weighted by atomic mass is 19.1. The SMILES string of the molecule is CCCC(O)CNC(=O)c1cc(F)ccc1C. The minimum atomic E-state index is -0.544. The normalized spacial score (nSPS) is 12.2. The molecule has 1 unspecified atom stereocenters. The zero-order valence-electron chi connectivity index (χ0n) is 10.2. The number of hydrogen-bond donors (Lipinski definition) is 2. The molecule has 1 amide bonds. The smallest absolute Gasteiger partial charge is 0.251 e. The van der Waals surface area contributed by atoms with Crippen molar-refractivity contribution < 1.29 is 14.3 Å². The summed E-state index contributed by atoms with van der Waals surface area (Å²) in [6, 6.07) is 4.08. The average Bonchev–Trinajstić information content (AvgIpc) is 2.29. The van der Waals surface area contributed by atoms with Crippen LogP contribution in [0.1, 0.15) is 35.7 Å². The lowest BCUT2D eigenvalue weighted by Gasteiger charge is -2.11.